The predicted molar refractivity (Wildman–Crippen MR) is 56.2 cm³/mol. The molecule has 1 heterocycles. The zero-order valence-corrected chi connectivity index (χ0v) is 8.53. The number of carbonyl (C=O) groups is 1. The topological polar surface area (TPSA) is 32.3 Å². The van der Waals surface area contributed by atoms with E-state index < -0.39 is 0 Å². The molecule has 1 saturated heterocycles. The SMILES string of the molecule is CN(C(=O)C1CCN1)c1ccc(F)cc1. The third-order valence-electron chi connectivity index (χ3n) is 2.67. The lowest BCUT2D eigenvalue weighted by molar-refractivity contribution is -0.121. The summed E-state index contributed by atoms with van der Waals surface area (Å²) in [6.07, 6.45) is 0.879. The molecule has 1 unspecified atom stereocenters. The lowest BCUT2D eigenvalue weighted by atomic mass is 10.1. The lowest BCUT2D eigenvalue weighted by Gasteiger charge is -2.30. The fourth-order valence-electron chi connectivity index (χ4n) is 1.53. The molecule has 80 valence electrons. The number of anilines is 1. The van der Waals surface area contributed by atoms with Gasteiger partial charge in [0.2, 0.25) is 5.91 Å². The molecule has 1 atom stereocenters. The summed E-state index contributed by atoms with van der Waals surface area (Å²) in [5.41, 5.74) is 0.718. The molecule has 0 aliphatic carbocycles. The van der Waals surface area contributed by atoms with Crippen molar-refractivity contribution < 1.29 is 9.18 Å². The van der Waals surface area contributed by atoms with Crippen LogP contribution in [0.5, 0.6) is 0 Å². The summed E-state index contributed by atoms with van der Waals surface area (Å²) < 4.78 is 12.7. The summed E-state index contributed by atoms with van der Waals surface area (Å²) in [6.45, 7) is 0.896. The van der Waals surface area contributed by atoms with Gasteiger partial charge in [0.15, 0.2) is 0 Å². The Balaban J connectivity index is 2.09. The normalized spacial score (nSPS) is 19.5. The molecule has 1 aromatic carbocycles. The maximum absolute atomic E-state index is 12.7. The van der Waals surface area contributed by atoms with Crippen LogP contribution in [0, 0.1) is 5.82 Å². The molecule has 3 nitrogen and oxygen atoms in total. The first-order chi connectivity index (χ1) is 7.18. The second kappa shape index (κ2) is 3.98. The van der Waals surface area contributed by atoms with Crippen LogP contribution >= 0.6 is 0 Å². The Kier molecular flexibility index (Phi) is 2.68. The maximum atomic E-state index is 12.7. The van der Waals surface area contributed by atoms with Crippen LogP contribution in [0.2, 0.25) is 0 Å². The van der Waals surface area contributed by atoms with E-state index in [2.05, 4.69) is 5.32 Å². The molecule has 1 aromatic rings. The first-order valence-corrected chi connectivity index (χ1v) is 4.95. The van der Waals surface area contributed by atoms with Gasteiger partial charge < -0.3 is 10.2 Å². The fourth-order valence-corrected chi connectivity index (χ4v) is 1.53. The minimum atomic E-state index is -0.290. The van der Waals surface area contributed by atoms with Crippen molar-refractivity contribution in [3.8, 4) is 0 Å². The van der Waals surface area contributed by atoms with E-state index in [1.54, 1.807) is 24.1 Å². The van der Waals surface area contributed by atoms with Crippen LogP contribution < -0.4 is 10.2 Å². The Morgan fingerprint density at radius 1 is 1.47 bits per heavy atom. The van der Waals surface area contributed by atoms with Crippen molar-refractivity contribution >= 4 is 11.6 Å². The third-order valence-corrected chi connectivity index (χ3v) is 2.67. The van der Waals surface area contributed by atoms with Gasteiger partial charge in [0.05, 0.1) is 6.04 Å². The van der Waals surface area contributed by atoms with Crippen molar-refractivity contribution in [1.29, 1.82) is 0 Å². The van der Waals surface area contributed by atoms with Crippen LogP contribution in [0.15, 0.2) is 24.3 Å². The van der Waals surface area contributed by atoms with Crippen LogP contribution in [0.4, 0.5) is 10.1 Å². The van der Waals surface area contributed by atoms with Gasteiger partial charge in [-0.3, -0.25) is 4.79 Å². The fraction of sp³-hybridized carbons (Fsp3) is 0.364. The van der Waals surface area contributed by atoms with Gasteiger partial charge in [-0.2, -0.15) is 0 Å². The van der Waals surface area contributed by atoms with E-state index in [1.807, 2.05) is 0 Å². The van der Waals surface area contributed by atoms with Gasteiger partial charge >= 0.3 is 0 Å². The molecular formula is C11H13FN2O. The smallest absolute Gasteiger partial charge is 0.243 e. The van der Waals surface area contributed by atoms with Gasteiger partial charge in [-0.15, -0.1) is 0 Å². The zero-order valence-electron chi connectivity index (χ0n) is 8.53. The Labute approximate surface area is 87.9 Å². The highest BCUT2D eigenvalue weighted by molar-refractivity contribution is 5.97. The van der Waals surface area contributed by atoms with E-state index in [0.717, 1.165) is 18.7 Å². The van der Waals surface area contributed by atoms with Crippen molar-refractivity contribution in [1.82, 2.24) is 5.32 Å². The highest BCUT2D eigenvalue weighted by Gasteiger charge is 2.27. The largest absolute Gasteiger partial charge is 0.314 e. The van der Waals surface area contributed by atoms with Crippen LogP contribution in [0.25, 0.3) is 0 Å². The molecular weight excluding hydrogens is 195 g/mol. The average molecular weight is 208 g/mol. The molecule has 4 heteroatoms. The van der Waals surface area contributed by atoms with Crippen molar-refractivity contribution in [3.05, 3.63) is 30.1 Å². The number of hydrogen-bond acceptors (Lipinski definition) is 2. The molecule has 1 N–H and O–H groups in total. The maximum Gasteiger partial charge on any atom is 0.243 e. The Hall–Kier alpha value is -1.42. The lowest BCUT2D eigenvalue weighted by Crippen LogP contribution is -2.53. The standard InChI is InChI=1S/C11H13FN2O/c1-14(11(15)10-6-7-13-10)9-4-2-8(12)3-5-9/h2-5,10,13H,6-7H2,1H3. The minimum absolute atomic E-state index is 0.0351. The number of halogens is 1. The minimum Gasteiger partial charge on any atom is -0.314 e. The first kappa shape index (κ1) is 10.1. The van der Waals surface area contributed by atoms with E-state index in [-0.39, 0.29) is 17.8 Å². The second-order valence-electron chi connectivity index (χ2n) is 3.67. The molecule has 0 aromatic heterocycles. The summed E-state index contributed by atoms with van der Waals surface area (Å²) in [7, 11) is 1.70. The van der Waals surface area contributed by atoms with E-state index >= 15 is 0 Å². The monoisotopic (exact) mass is 208 g/mol. The summed E-state index contributed by atoms with van der Waals surface area (Å²) in [5, 5.41) is 3.04. The number of hydrogen-bond donors (Lipinski definition) is 1. The Morgan fingerprint density at radius 3 is 2.53 bits per heavy atom. The number of amides is 1. The number of likely N-dealkylation sites (N-methyl/N-ethyl adjacent to an activating group) is 1. The molecule has 1 fully saturated rings. The van der Waals surface area contributed by atoms with E-state index in [0.29, 0.717) is 0 Å². The van der Waals surface area contributed by atoms with Crippen LogP contribution in [-0.2, 0) is 4.79 Å². The molecule has 0 spiro atoms. The van der Waals surface area contributed by atoms with E-state index in [4.69, 9.17) is 0 Å². The first-order valence-electron chi connectivity index (χ1n) is 4.95. The van der Waals surface area contributed by atoms with Crippen molar-refractivity contribution in [2.24, 2.45) is 0 Å². The van der Waals surface area contributed by atoms with Crippen molar-refractivity contribution in [3.63, 3.8) is 0 Å². The van der Waals surface area contributed by atoms with Crippen LogP contribution in [-0.4, -0.2) is 25.5 Å². The molecule has 1 amide bonds. The number of benzene rings is 1. The number of rotatable bonds is 2. The van der Waals surface area contributed by atoms with E-state index in [9.17, 15) is 9.18 Å². The van der Waals surface area contributed by atoms with Crippen LogP contribution in [0.1, 0.15) is 6.42 Å². The van der Waals surface area contributed by atoms with Gasteiger partial charge in [-0.25, -0.2) is 4.39 Å². The third kappa shape index (κ3) is 1.99. The number of nitrogens with zero attached hydrogens (tertiary/aromatic N) is 1. The highest BCUT2D eigenvalue weighted by atomic mass is 19.1. The molecule has 0 saturated carbocycles. The van der Waals surface area contributed by atoms with Gasteiger partial charge in [-0.05, 0) is 37.2 Å². The van der Waals surface area contributed by atoms with Gasteiger partial charge in [0.1, 0.15) is 5.82 Å². The van der Waals surface area contributed by atoms with Crippen molar-refractivity contribution in [2.45, 2.75) is 12.5 Å². The van der Waals surface area contributed by atoms with Crippen LogP contribution in [0.3, 0.4) is 0 Å². The predicted octanol–water partition coefficient (Wildman–Crippen LogP) is 1.15. The summed E-state index contributed by atoms with van der Waals surface area (Å²) in [6, 6.07) is 5.85. The second-order valence-corrected chi connectivity index (χ2v) is 3.67. The molecule has 15 heavy (non-hydrogen) atoms. The van der Waals surface area contributed by atoms with Gasteiger partial charge in [0, 0.05) is 12.7 Å². The quantitative estimate of drug-likeness (QED) is 0.790. The summed E-state index contributed by atoms with van der Waals surface area (Å²) in [5.74, 6) is -0.255. The van der Waals surface area contributed by atoms with Crippen molar-refractivity contribution in [2.75, 3.05) is 18.5 Å². The van der Waals surface area contributed by atoms with Gasteiger partial charge in [-0.1, -0.05) is 0 Å². The number of carbonyl (C=O) groups excluding carboxylic acids is 1. The molecule has 0 bridgehead atoms. The Morgan fingerprint density at radius 2 is 2.07 bits per heavy atom. The highest BCUT2D eigenvalue weighted by Crippen LogP contribution is 2.16. The summed E-state index contributed by atoms with van der Waals surface area (Å²) in [4.78, 5) is 13.3. The molecule has 1 aliphatic heterocycles. The molecule has 0 radical (unpaired) electrons. The van der Waals surface area contributed by atoms with Gasteiger partial charge in [0.25, 0.3) is 0 Å². The molecule has 2 rings (SSSR count). The average Bonchev–Trinajstić information content (AvgIpc) is 2.15. The Bertz CT molecular complexity index is 359. The summed E-state index contributed by atoms with van der Waals surface area (Å²) >= 11 is 0. The van der Waals surface area contributed by atoms with E-state index in [1.165, 1.54) is 12.1 Å². The molecule has 1 aliphatic rings. The number of nitrogens with one attached hydrogen (secondary N) is 1. The zero-order chi connectivity index (χ0) is 10.8.